The molecule has 0 atom stereocenters. The number of benzene rings is 1. The Morgan fingerprint density at radius 2 is 2.14 bits per heavy atom. The number of hydrogen-bond acceptors (Lipinski definition) is 3. The van der Waals surface area contributed by atoms with Gasteiger partial charge >= 0.3 is 0 Å². The lowest BCUT2D eigenvalue weighted by atomic mass is 10.3. The second-order valence-electron chi connectivity index (χ2n) is 2.88. The maximum atomic E-state index is 5.75. The van der Waals surface area contributed by atoms with Crippen molar-refractivity contribution in [2.24, 2.45) is 0 Å². The SMILES string of the molecule is COCCCOc1ccc(Br)cc1N. The van der Waals surface area contributed by atoms with Gasteiger partial charge in [0, 0.05) is 24.6 Å². The molecule has 0 saturated carbocycles. The number of hydrogen-bond donors (Lipinski definition) is 1. The number of rotatable bonds is 5. The van der Waals surface area contributed by atoms with Crippen molar-refractivity contribution < 1.29 is 9.47 Å². The first-order valence-corrected chi connectivity index (χ1v) is 5.20. The van der Waals surface area contributed by atoms with Gasteiger partial charge in [-0.05, 0) is 18.2 Å². The fraction of sp³-hybridized carbons (Fsp3) is 0.400. The van der Waals surface area contributed by atoms with Crippen LogP contribution in [0, 0.1) is 0 Å². The molecule has 1 aromatic carbocycles. The Balaban J connectivity index is 2.42. The number of nitrogen functional groups attached to an aromatic ring is 1. The first kappa shape index (κ1) is 11.3. The predicted molar refractivity (Wildman–Crippen MR) is 60.5 cm³/mol. The van der Waals surface area contributed by atoms with Gasteiger partial charge in [0.1, 0.15) is 5.75 Å². The number of nitrogens with two attached hydrogens (primary N) is 1. The molecule has 0 heterocycles. The van der Waals surface area contributed by atoms with Crippen LogP contribution in [-0.4, -0.2) is 20.3 Å². The Morgan fingerprint density at radius 3 is 2.79 bits per heavy atom. The summed E-state index contributed by atoms with van der Waals surface area (Å²) in [5.74, 6) is 0.726. The van der Waals surface area contributed by atoms with E-state index in [4.69, 9.17) is 15.2 Å². The normalized spacial score (nSPS) is 10.1. The van der Waals surface area contributed by atoms with E-state index in [2.05, 4.69) is 15.9 Å². The second kappa shape index (κ2) is 5.88. The Bertz CT molecular complexity index is 291. The lowest BCUT2D eigenvalue weighted by Gasteiger charge is -2.08. The Kier molecular flexibility index (Phi) is 4.76. The van der Waals surface area contributed by atoms with E-state index in [0.717, 1.165) is 16.6 Å². The van der Waals surface area contributed by atoms with Gasteiger partial charge in [0.15, 0.2) is 0 Å². The van der Waals surface area contributed by atoms with Gasteiger partial charge in [0.2, 0.25) is 0 Å². The van der Waals surface area contributed by atoms with Crippen molar-refractivity contribution in [1.29, 1.82) is 0 Å². The van der Waals surface area contributed by atoms with Crippen LogP contribution in [0.4, 0.5) is 5.69 Å². The van der Waals surface area contributed by atoms with Crippen LogP contribution < -0.4 is 10.5 Å². The molecule has 0 aromatic heterocycles. The van der Waals surface area contributed by atoms with E-state index in [1.807, 2.05) is 18.2 Å². The van der Waals surface area contributed by atoms with Gasteiger partial charge in [-0.3, -0.25) is 0 Å². The maximum absolute atomic E-state index is 5.75. The predicted octanol–water partition coefficient (Wildman–Crippen LogP) is 2.45. The number of anilines is 1. The van der Waals surface area contributed by atoms with Crippen molar-refractivity contribution in [1.82, 2.24) is 0 Å². The standard InChI is InChI=1S/C10H14BrNO2/c1-13-5-2-6-14-10-4-3-8(11)7-9(10)12/h3-4,7H,2,5-6,12H2,1H3. The third-order valence-corrected chi connectivity index (χ3v) is 2.22. The van der Waals surface area contributed by atoms with Crippen LogP contribution >= 0.6 is 15.9 Å². The van der Waals surface area contributed by atoms with Gasteiger partial charge in [0.25, 0.3) is 0 Å². The van der Waals surface area contributed by atoms with Crippen LogP contribution in [0.5, 0.6) is 5.75 Å². The molecule has 3 nitrogen and oxygen atoms in total. The van der Waals surface area contributed by atoms with Crippen molar-refractivity contribution >= 4 is 21.6 Å². The Labute approximate surface area is 92.3 Å². The average molecular weight is 260 g/mol. The van der Waals surface area contributed by atoms with Crippen LogP contribution in [0.25, 0.3) is 0 Å². The maximum Gasteiger partial charge on any atom is 0.142 e. The molecule has 0 amide bonds. The quantitative estimate of drug-likeness (QED) is 0.653. The Hall–Kier alpha value is -0.740. The number of methoxy groups -OCH3 is 1. The molecule has 0 bridgehead atoms. The minimum Gasteiger partial charge on any atom is -0.491 e. The summed E-state index contributed by atoms with van der Waals surface area (Å²) in [6.07, 6.45) is 0.867. The molecule has 0 unspecified atom stereocenters. The van der Waals surface area contributed by atoms with Gasteiger partial charge in [-0.15, -0.1) is 0 Å². The van der Waals surface area contributed by atoms with Gasteiger partial charge in [0.05, 0.1) is 12.3 Å². The van der Waals surface area contributed by atoms with Crippen LogP contribution in [0.3, 0.4) is 0 Å². The number of halogens is 1. The number of ether oxygens (including phenoxy) is 2. The van der Waals surface area contributed by atoms with Gasteiger partial charge in [-0.2, -0.15) is 0 Å². The summed E-state index contributed by atoms with van der Waals surface area (Å²) in [4.78, 5) is 0. The van der Waals surface area contributed by atoms with Crippen LogP contribution in [-0.2, 0) is 4.74 Å². The van der Waals surface area contributed by atoms with E-state index >= 15 is 0 Å². The third kappa shape index (κ3) is 3.55. The van der Waals surface area contributed by atoms with Gasteiger partial charge in [-0.25, -0.2) is 0 Å². The summed E-state index contributed by atoms with van der Waals surface area (Å²) in [5.41, 5.74) is 6.40. The first-order valence-electron chi connectivity index (χ1n) is 4.41. The van der Waals surface area contributed by atoms with Crippen LogP contribution in [0.15, 0.2) is 22.7 Å². The third-order valence-electron chi connectivity index (χ3n) is 1.72. The molecule has 0 spiro atoms. The van der Waals surface area contributed by atoms with Crippen molar-refractivity contribution in [3.8, 4) is 5.75 Å². The zero-order valence-corrected chi connectivity index (χ0v) is 9.71. The molecule has 1 aromatic rings. The topological polar surface area (TPSA) is 44.5 Å². The van der Waals surface area contributed by atoms with E-state index in [0.29, 0.717) is 18.9 Å². The highest BCUT2D eigenvalue weighted by Gasteiger charge is 1.99. The van der Waals surface area contributed by atoms with Gasteiger partial charge in [-0.1, -0.05) is 15.9 Å². The first-order chi connectivity index (χ1) is 6.74. The molecular formula is C10H14BrNO2. The molecule has 78 valence electrons. The fourth-order valence-corrected chi connectivity index (χ4v) is 1.41. The van der Waals surface area contributed by atoms with E-state index in [1.165, 1.54) is 0 Å². The smallest absolute Gasteiger partial charge is 0.142 e. The molecule has 0 radical (unpaired) electrons. The molecule has 14 heavy (non-hydrogen) atoms. The summed E-state index contributed by atoms with van der Waals surface area (Å²) in [6, 6.07) is 5.58. The van der Waals surface area contributed by atoms with Crippen molar-refractivity contribution in [3.63, 3.8) is 0 Å². The summed E-state index contributed by atoms with van der Waals surface area (Å²) in [5, 5.41) is 0. The lowest BCUT2D eigenvalue weighted by Crippen LogP contribution is -2.03. The highest BCUT2D eigenvalue weighted by Crippen LogP contribution is 2.25. The van der Waals surface area contributed by atoms with E-state index < -0.39 is 0 Å². The fourth-order valence-electron chi connectivity index (χ4n) is 1.04. The highest BCUT2D eigenvalue weighted by atomic mass is 79.9. The summed E-state index contributed by atoms with van der Waals surface area (Å²) < 4.78 is 11.3. The zero-order valence-electron chi connectivity index (χ0n) is 8.13. The van der Waals surface area contributed by atoms with E-state index in [1.54, 1.807) is 7.11 Å². The molecule has 1 rings (SSSR count). The van der Waals surface area contributed by atoms with Crippen molar-refractivity contribution in [2.45, 2.75) is 6.42 Å². The molecule has 0 aliphatic heterocycles. The molecular weight excluding hydrogens is 246 g/mol. The molecule has 0 saturated heterocycles. The summed E-state index contributed by atoms with van der Waals surface area (Å²) in [7, 11) is 1.67. The van der Waals surface area contributed by atoms with Crippen molar-refractivity contribution in [2.75, 3.05) is 26.1 Å². The van der Waals surface area contributed by atoms with Crippen molar-refractivity contribution in [3.05, 3.63) is 22.7 Å². The average Bonchev–Trinajstić information content (AvgIpc) is 2.15. The van der Waals surface area contributed by atoms with E-state index in [9.17, 15) is 0 Å². The minimum absolute atomic E-state index is 0.625. The zero-order chi connectivity index (χ0) is 10.4. The second-order valence-corrected chi connectivity index (χ2v) is 3.79. The summed E-state index contributed by atoms with van der Waals surface area (Å²) in [6.45, 7) is 1.33. The largest absolute Gasteiger partial charge is 0.491 e. The molecule has 0 aliphatic rings. The van der Waals surface area contributed by atoms with Crippen LogP contribution in [0.1, 0.15) is 6.42 Å². The molecule has 4 heteroatoms. The van der Waals surface area contributed by atoms with Crippen LogP contribution in [0.2, 0.25) is 0 Å². The van der Waals surface area contributed by atoms with E-state index in [-0.39, 0.29) is 0 Å². The van der Waals surface area contributed by atoms with Gasteiger partial charge < -0.3 is 15.2 Å². The Morgan fingerprint density at radius 1 is 1.36 bits per heavy atom. The molecule has 0 aliphatic carbocycles. The molecule has 2 N–H and O–H groups in total. The lowest BCUT2D eigenvalue weighted by molar-refractivity contribution is 0.172. The molecule has 0 fully saturated rings. The highest BCUT2D eigenvalue weighted by molar-refractivity contribution is 9.10. The summed E-state index contributed by atoms with van der Waals surface area (Å²) >= 11 is 3.33. The monoisotopic (exact) mass is 259 g/mol. The minimum atomic E-state index is 0.625.